The first-order valence-electron chi connectivity index (χ1n) is 9.86. The first-order chi connectivity index (χ1) is 16.2. The lowest BCUT2D eigenvalue weighted by Gasteiger charge is -2.23. The maximum atomic E-state index is 13.2. The van der Waals surface area contributed by atoms with Crippen molar-refractivity contribution in [3.8, 4) is 5.75 Å². The molecule has 0 radical (unpaired) electrons. The van der Waals surface area contributed by atoms with Crippen LogP contribution in [0.2, 0.25) is 15.1 Å². The van der Waals surface area contributed by atoms with E-state index in [1.54, 1.807) is 30.3 Å². The maximum Gasteiger partial charge on any atom is 0.301 e. The van der Waals surface area contributed by atoms with Crippen LogP contribution in [0, 0.1) is 0 Å². The highest BCUT2D eigenvalue weighted by Crippen LogP contribution is 2.45. The SMILES string of the molecule is O=C1C(=O)N(c2nc3ccc(Cl)cc3s2)C(c2ccc(O)cc2)/C1=C(\O)c1ccc(Cl)c(Cl)c1. The molecule has 4 aromatic rings. The van der Waals surface area contributed by atoms with Crippen LogP contribution in [0.15, 0.2) is 66.2 Å². The fraction of sp³-hybridized carbons (Fsp3) is 0.0417. The van der Waals surface area contributed by atoms with Crippen molar-refractivity contribution in [1.82, 2.24) is 4.98 Å². The molecule has 0 bridgehead atoms. The van der Waals surface area contributed by atoms with Gasteiger partial charge in [-0.15, -0.1) is 0 Å². The molecule has 2 heterocycles. The molecule has 2 N–H and O–H groups in total. The summed E-state index contributed by atoms with van der Waals surface area (Å²) >= 11 is 19.4. The summed E-state index contributed by atoms with van der Waals surface area (Å²) in [5.74, 6) is -2.11. The molecule has 0 aliphatic carbocycles. The summed E-state index contributed by atoms with van der Waals surface area (Å²) < 4.78 is 0.735. The lowest BCUT2D eigenvalue weighted by atomic mass is 9.95. The minimum atomic E-state index is -0.994. The average Bonchev–Trinajstić information content (AvgIpc) is 3.33. The number of phenolic OH excluding ortho intramolecular Hbond substituents is 1. The Morgan fingerprint density at radius 2 is 1.68 bits per heavy atom. The van der Waals surface area contributed by atoms with E-state index < -0.39 is 23.5 Å². The minimum absolute atomic E-state index is 0.0137. The van der Waals surface area contributed by atoms with Crippen LogP contribution >= 0.6 is 46.1 Å². The van der Waals surface area contributed by atoms with Gasteiger partial charge in [0.05, 0.1) is 31.9 Å². The normalized spacial score (nSPS) is 17.6. The summed E-state index contributed by atoms with van der Waals surface area (Å²) in [6.07, 6.45) is 0. The lowest BCUT2D eigenvalue weighted by molar-refractivity contribution is -0.132. The van der Waals surface area contributed by atoms with Crippen molar-refractivity contribution in [2.45, 2.75) is 6.04 Å². The number of nitrogens with zero attached hydrogens (tertiary/aromatic N) is 2. The summed E-state index contributed by atoms with van der Waals surface area (Å²) in [6, 6.07) is 14.6. The quantitative estimate of drug-likeness (QED) is 0.177. The Morgan fingerprint density at radius 3 is 2.38 bits per heavy atom. The Bertz CT molecular complexity index is 1510. The fourth-order valence-electron chi connectivity index (χ4n) is 3.79. The van der Waals surface area contributed by atoms with Crippen LogP contribution in [0.5, 0.6) is 5.75 Å². The van der Waals surface area contributed by atoms with Crippen molar-refractivity contribution in [3.63, 3.8) is 0 Å². The summed E-state index contributed by atoms with van der Waals surface area (Å²) in [7, 11) is 0. The van der Waals surface area contributed by atoms with Gasteiger partial charge in [-0.2, -0.15) is 0 Å². The molecule has 1 atom stereocenters. The number of halogens is 3. The number of thiazole rings is 1. The second-order valence-electron chi connectivity index (χ2n) is 7.50. The molecule has 1 aliphatic heterocycles. The van der Waals surface area contributed by atoms with Crippen molar-refractivity contribution in [2.75, 3.05) is 4.90 Å². The molecule has 3 aromatic carbocycles. The van der Waals surface area contributed by atoms with Gasteiger partial charge in [0.15, 0.2) is 5.13 Å². The number of phenols is 1. The van der Waals surface area contributed by atoms with Gasteiger partial charge in [-0.25, -0.2) is 4.98 Å². The van der Waals surface area contributed by atoms with Gasteiger partial charge >= 0.3 is 5.91 Å². The number of ketones is 1. The Hall–Kier alpha value is -3.10. The highest BCUT2D eigenvalue weighted by atomic mass is 35.5. The third-order valence-electron chi connectivity index (χ3n) is 5.39. The van der Waals surface area contributed by atoms with E-state index in [1.807, 2.05) is 0 Å². The predicted octanol–water partition coefficient (Wildman–Crippen LogP) is 6.59. The van der Waals surface area contributed by atoms with Crippen molar-refractivity contribution < 1.29 is 19.8 Å². The predicted molar refractivity (Wildman–Crippen MR) is 134 cm³/mol. The van der Waals surface area contributed by atoms with Crippen LogP contribution < -0.4 is 4.90 Å². The monoisotopic (exact) mass is 530 g/mol. The topological polar surface area (TPSA) is 90.7 Å². The molecule has 6 nitrogen and oxygen atoms in total. The number of fused-ring (bicyclic) bond motifs is 1. The second-order valence-corrected chi connectivity index (χ2v) is 9.76. The van der Waals surface area contributed by atoms with Gasteiger partial charge in [0.1, 0.15) is 11.5 Å². The summed E-state index contributed by atoms with van der Waals surface area (Å²) in [5, 5.41) is 22.2. The number of Topliss-reactive ketones (excluding diaryl/α,β-unsaturated/α-hetero) is 1. The Balaban J connectivity index is 1.73. The average molecular weight is 532 g/mol. The highest BCUT2D eigenvalue weighted by Gasteiger charge is 2.48. The lowest BCUT2D eigenvalue weighted by Crippen LogP contribution is -2.29. The van der Waals surface area contributed by atoms with E-state index in [4.69, 9.17) is 34.8 Å². The number of hydrogen-bond donors (Lipinski definition) is 2. The van der Waals surface area contributed by atoms with E-state index in [0.29, 0.717) is 16.1 Å². The number of amides is 1. The molecule has 5 rings (SSSR count). The Labute approximate surface area is 212 Å². The summed E-state index contributed by atoms with van der Waals surface area (Å²) in [5.41, 5.74) is 1.20. The fourth-order valence-corrected chi connectivity index (χ4v) is 5.36. The van der Waals surface area contributed by atoms with Crippen LogP contribution in [0.25, 0.3) is 16.0 Å². The zero-order valence-corrected chi connectivity index (χ0v) is 20.1. The number of aliphatic hydroxyl groups excluding tert-OH is 1. The third-order valence-corrected chi connectivity index (χ3v) is 7.38. The standard InChI is InChI=1S/C24H13Cl3N2O4S/c25-13-4-8-17-18(10-13)34-24(28-17)29-20(11-1-5-14(30)6-2-11)19(22(32)23(29)33)21(31)12-3-7-15(26)16(27)9-12/h1-10,20,30-31H/b21-19+. The van der Waals surface area contributed by atoms with Gasteiger partial charge in [0.25, 0.3) is 5.78 Å². The smallest absolute Gasteiger partial charge is 0.301 e. The first-order valence-corrected chi connectivity index (χ1v) is 11.8. The zero-order chi connectivity index (χ0) is 24.1. The van der Waals surface area contributed by atoms with Crippen LogP contribution in [-0.2, 0) is 9.59 Å². The molecule has 0 saturated carbocycles. The maximum absolute atomic E-state index is 13.2. The molecular formula is C24H13Cl3N2O4S. The van der Waals surface area contributed by atoms with E-state index >= 15 is 0 Å². The minimum Gasteiger partial charge on any atom is -0.508 e. The van der Waals surface area contributed by atoms with E-state index in [9.17, 15) is 19.8 Å². The number of carbonyl (C=O) groups is 2. The molecule has 170 valence electrons. The van der Waals surface area contributed by atoms with Crippen LogP contribution in [0.3, 0.4) is 0 Å². The van der Waals surface area contributed by atoms with Crippen LogP contribution in [0.4, 0.5) is 5.13 Å². The molecule has 1 saturated heterocycles. The summed E-state index contributed by atoms with van der Waals surface area (Å²) in [6.45, 7) is 0. The molecule has 0 spiro atoms. The van der Waals surface area contributed by atoms with Crippen LogP contribution in [0.1, 0.15) is 17.2 Å². The van der Waals surface area contributed by atoms with Crippen LogP contribution in [-0.4, -0.2) is 26.9 Å². The number of carbonyl (C=O) groups excluding carboxylic acids is 2. The largest absolute Gasteiger partial charge is 0.508 e. The number of benzene rings is 3. The number of anilines is 1. The van der Waals surface area contributed by atoms with Gasteiger partial charge in [0, 0.05) is 10.6 Å². The second kappa shape index (κ2) is 8.60. The molecule has 1 aromatic heterocycles. The van der Waals surface area contributed by atoms with E-state index in [-0.39, 0.29) is 32.1 Å². The Kier molecular flexibility index (Phi) is 5.73. The van der Waals surface area contributed by atoms with Gasteiger partial charge in [-0.05, 0) is 54.1 Å². The number of aromatic hydroxyl groups is 1. The third kappa shape index (κ3) is 3.80. The van der Waals surface area contributed by atoms with Crippen molar-refractivity contribution in [1.29, 1.82) is 0 Å². The van der Waals surface area contributed by atoms with Gasteiger partial charge in [-0.3, -0.25) is 14.5 Å². The number of aliphatic hydroxyl groups is 1. The molecule has 1 aliphatic rings. The molecular weight excluding hydrogens is 519 g/mol. The summed E-state index contributed by atoms with van der Waals surface area (Å²) in [4.78, 5) is 32.2. The molecule has 1 unspecified atom stereocenters. The van der Waals surface area contributed by atoms with E-state index in [1.165, 1.54) is 46.6 Å². The number of hydrogen-bond acceptors (Lipinski definition) is 6. The molecule has 10 heteroatoms. The molecule has 1 amide bonds. The van der Waals surface area contributed by atoms with Gasteiger partial charge < -0.3 is 10.2 Å². The molecule has 34 heavy (non-hydrogen) atoms. The van der Waals surface area contributed by atoms with Gasteiger partial charge in [-0.1, -0.05) is 58.3 Å². The number of rotatable bonds is 3. The molecule has 1 fully saturated rings. The van der Waals surface area contributed by atoms with Crippen molar-refractivity contribution in [2.24, 2.45) is 0 Å². The number of aromatic nitrogens is 1. The Morgan fingerprint density at radius 1 is 0.941 bits per heavy atom. The van der Waals surface area contributed by atoms with Crippen molar-refractivity contribution >= 4 is 78.9 Å². The highest BCUT2D eigenvalue weighted by molar-refractivity contribution is 7.22. The van der Waals surface area contributed by atoms with Gasteiger partial charge in [0.2, 0.25) is 0 Å². The van der Waals surface area contributed by atoms with E-state index in [2.05, 4.69) is 4.98 Å². The van der Waals surface area contributed by atoms with E-state index in [0.717, 1.165) is 4.70 Å². The zero-order valence-electron chi connectivity index (χ0n) is 17.0. The van der Waals surface area contributed by atoms with Crippen molar-refractivity contribution in [3.05, 3.63) is 92.4 Å². The first kappa shape index (κ1) is 22.7.